The van der Waals surface area contributed by atoms with Crippen molar-refractivity contribution < 1.29 is 22.7 Å². The van der Waals surface area contributed by atoms with Crippen molar-refractivity contribution in [1.29, 1.82) is 0 Å². The smallest absolute Gasteiger partial charge is 0.417 e. The van der Waals surface area contributed by atoms with Gasteiger partial charge in [-0.1, -0.05) is 11.8 Å². The van der Waals surface area contributed by atoms with Crippen LogP contribution < -0.4 is 5.56 Å². The number of alkyl halides is 3. The first-order valence-electron chi connectivity index (χ1n) is 7.55. The van der Waals surface area contributed by atoms with Crippen molar-refractivity contribution in [3.05, 3.63) is 63.8 Å². The fourth-order valence-corrected chi connectivity index (χ4v) is 2.99. The third kappa shape index (κ3) is 4.27. The van der Waals surface area contributed by atoms with Crippen LogP contribution >= 0.6 is 11.8 Å². The van der Waals surface area contributed by atoms with E-state index >= 15 is 0 Å². The molecule has 0 aliphatic rings. The summed E-state index contributed by atoms with van der Waals surface area (Å²) in [7, 11) is 1.25. The monoisotopic (exact) mass is 395 g/mol. The Morgan fingerprint density at radius 3 is 2.67 bits per heavy atom. The maximum absolute atomic E-state index is 12.5. The highest BCUT2D eigenvalue weighted by atomic mass is 32.2. The molecule has 0 saturated carbocycles. The summed E-state index contributed by atoms with van der Waals surface area (Å²) in [6.45, 7) is 0. The number of H-pyrrole nitrogens is 1. The van der Waals surface area contributed by atoms with Crippen molar-refractivity contribution in [3.8, 4) is 0 Å². The fourth-order valence-electron chi connectivity index (χ4n) is 2.28. The molecule has 0 saturated heterocycles. The molecule has 1 N–H and O–H groups in total. The lowest BCUT2D eigenvalue weighted by atomic mass is 10.1. The predicted molar refractivity (Wildman–Crippen MR) is 92.5 cm³/mol. The van der Waals surface area contributed by atoms with E-state index in [9.17, 15) is 22.8 Å². The number of hydrogen-bond donors (Lipinski definition) is 1. The van der Waals surface area contributed by atoms with Gasteiger partial charge in [-0.15, -0.1) is 0 Å². The summed E-state index contributed by atoms with van der Waals surface area (Å²) < 4.78 is 42.3. The number of rotatable bonds is 4. The number of ether oxygens (including phenoxy) is 1. The quantitative estimate of drug-likeness (QED) is 0.538. The zero-order valence-electron chi connectivity index (χ0n) is 13.8. The van der Waals surface area contributed by atoms with E-state index in [2.05, 4.69) is 19.7 Å². The van der Waals surface area contributed by atoms with Gasteiger partial charge in [-0.3, -0.25) is 4.79 Å². The van der Waals surface area contributed by atoms with E-state index in [0.29, 0.717) is 21.8 Å². The molecule has 3 rings (SSSR count). The number of nitrogens with one attached hydrogen (secondary N) is 1. The molecule has 0 aliphatic carbocycles. The Morgan fingerprint density at radius 1 is 1.26 bits per heavy atom. The van der Waals surface area contributed by atoms with Crippen LogP contribution in [0.2, 0.25) is 0 Å². The summed E-state index contributed by atoms with van der Waals surface area (Å²) in [5.41, 5.74) is -0.643. The standard InChI is InChI=1S/C17H12F3N3O3S/c1-26-16(25)9-2-4-11-12(6-9)22-13(23-15(11)24)8-27-14-5-3-10(7-21-14)17(18,19)20/h2-7H,8H2,1H3,(H,22,23,24). The minimum atomic E-state index is -4.45. The molecule has 6 nitrogen and oxygen atoms in total. The minimum Gasteiger partial charge on any atom is -0.465 e. The molecular weight excluding hydrogens is 383 g/mol. The second-order valence-electron chi connectivity index (χ2n) is 5.41. The van der Waals surface area contributed by atoms with Crippen LogP contribution in [-0.4, -0.2) is 28.0 Å². The maximum atomic E-state index is 12.5. The second-order valence-corrected chi connectivity index (χ2v) is 6.40. The van der Waals surface area contributed by atoms with Crippen LogP contribution in [0.5, 0.6) is 0 Å². The molecule has 0 amide bonds. The molecule has 0 atom stereocenters. The van der Waals surface area contributed by atoms with Crippen LogP contribution in [0, 0.1) is 0 Å². The molecule has 0 unspecified atom stereocenters. The number of methoxy groups -OCH3 is 1. The molecule has 0 fully saturated rings. The highest BCUT2D eigenvalue weighted by molar-refractivity contribution is 7.98. The van der Waals surface area contributed by atoms with Crippen LogP contribution in [0.3, 0.4) is 0 Å². The minimum absolute atomic E-state index is 0.187. The van der Waals surface area contributed by atoms with Gasteiger partial charge in [-0.05, 0) is 30.3 Å². The zero-order chi connectivity index (χ0) is 19.6. The number of benzene rings is 1. The van der Waals surface area contributed by atoms with Gasteiger partial charge in [0.2, 0.25) is 0 Å². The number of carbonyl (C=O) groups excluding carboxylic acids is 1. The number of esters is 1. The first-order valence-corrected chi connectivity index (χ1v) is 8.54. The number of thioether (sulfide) groups is 1. The van der Waals surface area contributed by atoms with Gasteiger partial charge in [0, 0.05) is 6.20 Å². The van der Waals surface area contributed by atoms with Crippen LogP contribution in [-0.2, 0) is 16.7 Å². The molecule has 27 heavy (non-hydrogen) atoms. The van der Waals surface area contributed by atoms with Crippen molar-refractivity contribution >= 4 is 28.6 Å². The lowest BCUT2D eigenvalue weighted by Crippen LogP contribution is -2.12. The van der Waals surface area contributed by atoms with E-state index in [1.54, 1.807) is 0 Å². The Labute approximate surface area is 154 Å². The average Bonchev–Trinajstić information content (AvgIpc) is 2.65. The molecule has 0 bridgehead atoms. The Bertz CT molecular complexity index is 1050. The Balaban J connectivity index is 1.82. The summed E-state index contributed by atoms with van der Waals surface area (Å²) >= 11 is 1.12. The Hall–Kier alpha value is -2.88. The highest BCUT2D eigenvalue weighted by Crippen LogP contribution is 2.30. The number of aromatic nitrogens is 3. The molecule has 2 aromatic heterocycles. The van der Waals surface area contributed by atoms with Gasteiger partial charge in [-0.2, -0.15) is 13.2 Å². The first-order chi connectivity index (χ1) is 12.8. The molecule has 3 aromatic rings. The molecule has 0 spiro atoms. The van der Waals surface area contributed by atoms with Crippen LogP contribution in [0.25, 0.3) is 10.9 Å². The van der Waals surface area contributed by atoms with Crippen LogP contribution in [0.1, 0.15) is 21.7 Å². The SMILES string of the molecule is COC(=O)c1ccc2c(=O)[nH]c(CSc3ccc(C(F)(F)F)cn3)nc2c1. The van der Waals surface area contributed by atoms with E-state index in [0.717, 1.165) is 24.0 Å². The molecule has 0 aliphatic heterocycles. The van der Waals surface area contributed by atoms with Gasteiger partial charge in [-0.25, -0.2) is 14.8 Å². The predicted octanol–water partition coefficient (Wildman–Crippen LogP) is 3.42. The normalized spacial score (nSPS) is 11.6. The topological polar surface area (TPSA) is 84.9 Å². The molecule has 10 heteroatoms. The zero-order valence-corrected chi connectivity index (χ0v) is 14.6. The van der Waals surface area contributed by atoms with Gasteiger partial charge in [0.1, 0.15) is 5.82 Å². The molecule has 1 aromatic carbocycles. The lowest BCUT2D eigenvalue weighted by Gasteiger charge is -2.07. The number of hydrogen-bond acceptors (Lipinski definition) is 6. The summed E-state index contributed by atoms with van der Waals surface area (Å²) in [6.07, 6.45) is -3.69. The molecule has 0 radical (unpaired) electrons. The van der Waals surface area contributed by atoms with Gasteiger partial charge in [0.25, 0.3) is 5.56 Å². The van der Waals surface area contributed by atoms with E-state index in [-0.39, 0.29) is 16.9 Å². The molecule has 2 heterocycles. The summed E-state index contributed by atoms with van der Waals surface area (Å²) in [5.74, 6) is -0.0588. The molecule has 140 valence electrons. The first kappa shape index (κ1) is 18.9. The Morgan fingerprint density at radius 2 is 2.04 bits per heavy atom. The number of carbonyl (C=O) groups is 1. The molecular formula is C17H12F3N3O3S. The number of pyridine rings is 1. The fraction of sp³-hybridized carbons (Fsp3) is 0.176. The number of nitrogens with zero attached hydrogens (tertiary/aromatic N) is 2. The lowest BCUT2D eigenvalue weighted by molar-refractivity contribution is -0.137. The maximum Gasteiger partial charge on any atom is 0.417 e. The summed E-state index contributed by atoms with van der Waals surface area (Å²) in [4.78, 5) is 34.4. The van der Waals surface area contributed by atoms with Crippen LogP contribution in [0.4, 0.5) is 13.2 Å². The van der Waals surface area contributed by atoms with Crippen molar-refractivity contribution in [1.82, 2.24) is 15.0 Å². The van der Waals surface area contributed by atoms with Crippen molar-refractivity contribution in [3.63, 3.8) is 0 Å². The van der Waals surface area contributed by atoms with Gasteiger partial charge in [0.05, 0.1) is 39.9 Å². The highest BCUT2D eigenvalue weighted by Gasteiger charge is 2.30. The van der Waals surface area contributed by atoms with Gasteiger partial charge in [0.15, 0.2) is 0 Å². The third-order valence-electron chi connectivity index (χ3n) is 3.60. The largest absolute Gasteiger partial charge is 0.465 e. The Kier molecular flexibility index (Phi) is 5.17. The van der Waals surface area contributed by atoms with E-state index in [1.807, 2.05) is 0 Å². The summed E-state index contributed by atoms with van der Waals surface area (Å²) in [5, 5.41) is 0.665. The number of halogens is 3. The van der Waals surface area contributed by atoms with Crippen LogP contribution in [0.15, 0.2) is 46.3 Å². The number of fused-ring (bicyclic) bond motifs is 1. The number of aromatic amines is 1. The summed E-state index contributed by atoms with van der Waals surface area (Å²) in [6, 6.07) is 6.57. The van der Waals surface area contributed by atoms with Crippen molar-refractivity contribution in [2.24, 2.45) is 0 Å². The third-order valence-corrected chi connectivity index (χ3v) is 4.55. The van der Waals surface area contributed by atoms with E-state index < -0.39 is 17.7 Å². The second kappa shape index (κ2) is 7.39. The van der Waals surface area contributed by atoms with Gasteiger partial charge < -0.3 is 9.72 Å². The van der Waals surface area contributed by atoms with Crippen molar-refractivity contribution in [2.75, 3.05) is 7.11 Å². The average molecular weight is 395 g/mol. The van der Waals surface area contributed by atoms with Gasteiger partial charge >= 0.3 is 12.1 Å². The van der Waals surface area contributed by atoms with E-state index in [1.165, 1.54) is 31.4 Å². The van der Waals surface area contributed by atoms with Crippen molar-refractivity contribution in [2.45, 2.75) is 17.0 Å². The van der Waals surface area contributed by atoms with E-state index in [4.69, 9.17) is 0 Å².